The van der Waals surface area contributed by atoms with Gasteiger partial charge in [0.2, 0.25) is 0 Å². The number of hydrogen-bond acceptors (Lipinski definition) is 6. The smallest absolute Gasteiger partial charge is 0.0888 e. The van der Waals surface area contributed by atoms with Crippen LogP contribution in [0.3, 0.4) is 0 Å². The summed E-state index contributed by atoms with van der Waals surface area (Å²) in [6.07, 6.45) is 2.53. The molecule has 2 heterocycles. The molecule has 2 saturated heterocycles. The van der Waals surface area contributed by atoms with Crippen LogP contribution < -0.4 is 16.0 Å². The topological polar surface area (TPSA) is 59.6 Å². The second-order valence-electron chi connectivity index (χ2n) is 7.11. The van der Waals surface area contributed by atoms with E-state index in [2.05, 4.69) is 39.6 Å². The van der Waals surface area contributed by atoms with Gasteiger partial charge in [0.25, 0.3) is 0 Å². The number of nitrogens with zero attached hydrogens (tertiary/aromatic N) is 2. The maximum Gasteiger partial charge on any atom is 0.0888 e. The van der Waals surface area contributed by atoms with E-state index in [9.17, 15) is 4.57 Å². The summed E-state index contributed by atoms with van der Waals surface area (Å²) in [6, 6.07) is 0.386. The minimum Gasteiger partial charge on any atom is -0.324 e. The van der Waals surface area contributed by atoms with Gasteiger partial charge in [-0.15, -0.1) is 0 Å². The second kappa shape index (κ2) is 10.9. The van der Waals surface area contributed by atoms with Crippen LogP contribution in [0.1, 0.15) is 13.8 Å². The Labute approximate surface area is 148 Å². The minimum absolute atomic E-state index is 0.386. The molecule has 3 N–H and O–H groups in total. The molecule has 2 fully saturated rings. The molecular weight excluding hydrogens is 321 g/mol. The summed E-state index contributed by atoms with van der Waals surface area (Å²) >= 11 is 0. The van der Waals surface area contributed by atoms with Crippen molar-refractivity contribution in [2.45, 2.75) is 19.9 Å². The molecular formula is C17H38N5OP. The molecule has 2 bridgehead atoms. The summed E-state index contributed by atoms with van der Waals surface area (Å²) in [5, 5.41) is 10.7. The van der Waals surface area contributed by atoms with E-state index in [1.54, 1.807) is 0 Å². The van der Waals surface area contributed by atoms with Crippen LogP contribution in [0.4, 0.5) is 0 Å². The minimum atomic E-state index is -2.03. The van der Waals surface area contributed by atoms with Crippen LogP contribution in [0.25, 0.3) is 0 Å². The molecule has 0 radical (unpaired) electrons. The van der Waals surface area contributed by atoms with Crippen molar-refractivity contribution in [2.24, 2.45) is 0 Å². The molecule has 6 nitrogen and oxygen atoms in total. The molecule has 2 aliphatic heterocycles. The van der Waals surface area contributed by atoms with Crippen molar-refractivity contribution in [1.29, 1.82) is 0 Å². The first kappa shape index (κ1) is 20.3. The maximum absolute atomic E-state index is 13.1. The third-order valence-corrected chi connectivity index (χ3v) is 8.95. The Morgan fingerprint density at radius 3 is 2.17 bits per heavy atom. The lowest BCUT2D eigenvalue weighted by molar-refractivity contribution is 0.176. The highest BCUT2D eigenvalue weighted by Gasteiger charge is 2.28. The van der Waals surface area contributed by atoms with Crippen molar-refractivity contribution in [3.63, 3.8) is 0 Å². The van der Waals surface area contributed by atoms with Crippen LogP contribution in [-0.2, 0) is 4.57 Å². The zero-order chi connectivity index (χ0) is 17.3. The van der Waals surface area contributed by atoms with E-state index in [-0.39, 0.29) is 0 Å². The van der Waals surface area contributed by atoms with E-state index in [4.69, 9.17) is 0 Å². The quantitative estimate of drug-likeness (QED) is 0.622. The van der Waals surface area contributed by atoms with Gasteiger partial charge in [0, 0.05) is 84.2 Å². The second-order valence-corrected chi connectivity index (χ2v) is 10.9. The zero-order valence-electron chi connectivity index (χ0n) is 15.7. The number of nitrogens with one attached hydrogen (secondary N) is 3. The molecule has 0 aromatic heterocycles. The lowest BCUT2D eigenvalue weighted by atomic mass is 10.2. The molecule has 142 valence electrons. The van der Waals surface area contributed by atoms with Gasteiger partial charge in [0.05, 0.1) is 7.14 Å². The molecule has 0 amide bonds. The fourth-order valence-corrected chi connectivity index (χ4v) is 5.74. The Morgan fingerprint density at radius 2 is 1.46 bits per heavy atom. The summed E-state index contributed by atoms with van der Waals surface area (Å²) in [5.41, 5.74) is 0. The van der Waals surface area contributed by atoms with Crippen LogP contribution in [0.15, 0.2) is 0 Å². The average molecular weight is 359 g/mol. The Kier molecular flexibility index (Phi) is 9.23. The summed E-state index contributed by atoms with van der Waals surface area (Å²) in [7, 11) is -2.03. The molecule has 2 aliphatic rings. The predicted octanol–water partition coefficient (Wildman–Crippen LogP) is 0.158. The van der Waals surface area contributed by atoms with Gasteiger partial charge >= 0.3 is 0 Å². The predicted molar refractivity (Wildman–Crippen MR) is 104 cm³/mol. The monoisotopic (exact) mass is 359 g/mol. The fourth-order valence-electron chi connectivity index (χ4n) is 3.65. The standard InChI is InChI=1S/C17H38N5OP/c1-3-24(23,4-2)16-17-15-20-6-5-18-7-10-21-11-8-19-9-12-22(17)14-13-21/h17-20H,3-16H2,1-2H3. The van der Waals surface area contributed by atoms with Crippen LogP contribution in [0.5, 0.6) is 0 Å². The molecule has 0 spiro atoms. The normalized spacial score (nSPS) is 31.3. The molecule has 3 atom stereocenters. The van der Waals surface area contributed by atoms with E-state index in [0.29, 0.717) is 6.04 Å². The maximum atomic E-state index is 13.1. The lowest BCUT2D eigenvalue weighted by Gasteiger charge is -2.35. The first-order valence-corrected chi connectivity index (χ1v) is 12.1. The molecule has 0 aromatic rings. The number of rotatable bonds is 4. The van der Waals surface area contributed by atoms with Crippen LogP contribution in [0.2, 0.25) is 0 Å². The molecule has 7 heteroatoms. The molecule has 24 heavy (non-hydrogen) atoms. The number of fused-ring (bicyclic) bond motifs is 3. The van der Waals surface area contributed by atoms with Crippen LogP contribution >= 0.6 is 7.14 Å². The third kappa shape index (κ3) is 6.74. The van der Waals surface area contributed by atoms with Crippen LogP contribution in [-0.4, -0.2) is 106 Å². The average Bonchev–Trinajstić information content (AvgIpc) is 2.70. The summed E-state index contributed by atoms with van der Waals surface area (Å²) in [5.74, 6) is 0. The van der Waals surface area contributed by atoms with Gasteiger partial charge in [-0.1, -0.05) is 13.8 Å². The van der Waals surface area contributed by atoms with Crippen molar-refractivity contribution in [2.75, 3.05) is 90.5 Å². The van der Waals surface area contributed by atoms with Gasteiger partial charge < -0.3 is 20.5 Å². The first-order chi connectivity index (χ1) is 11.7. The van der Waals surface area contributed by atoms with E-state index in [0.717, 1.165) is 90.5 Å². The first-order valence-electron chi connectivity index (χ1n) is 9.82. The molecule has 2 rings (SSSR count). The molecule has 0 saturated carbocycles. The SMILES string of the molecule is CCP(=O)(CC)CC1CNCCNCCN2CCNCCN1CC2. The van der Waals surface area contributed by atoms with Crippen molar-refractivity contribution >= 4 is 7.14 Å². The van der Waals surface area contributed by atoms with E-state index >= 15 is 0 Å². The molecule has 3 unspecified atom stereocenters. The largest absolute Gasteiger partial charge is 0.324 e. The Bertz CT molecular complexity index is 387. The van der Waals surface area contributed by atoms with Crippen molar-refractivity contribution < 1.29 is 4.57 Å². The van der Waals surface area contributed by atoms with E-state index in [1.165, 1.54) is 0 Å². The van der Waals surface area contributed by atoms with Gasteiger partial charge in [0.15, 0.2) is 0 Å². The lowest BCUT2D eigenvalue weighted by Crippen LogP contribution is -2.50. The molecule has 0 aliphatic carbocycles. The molecule has 0 aromatic carbocycles. The summed E-state index contributed by atoms with van der Waals surface area (Å²) < 4.78 is 13.1. The highest BCUT2D eigenvalue weighted by Crippen LogP contribution is 2.45. The highest BCUT2D eigenvalue weighted by atomic mass is 31.2. The highest BCUT2D eigenvalue weighted by molar-refractivity contribution is 7.63. The van der Waals surface area contributed by atoms with E-state index in [1.807, 2.05) is 0 Å². The van der Waals surface area contributed by atoms with Gasteiger partial charge in [-0.2, -0.15) is 0 Å². The van der Waals surface area contributed by atoms with Gasteiger partial charge in [-0.25, -0.2) is 0 Å². The van der Waals surface area contributed by atoms with Crippen molar-refractivity contribution in [1.82, 2.24) is 25.8 Å². The van der Waals surface area contributed by atoms with Crippen molar-refractivity contribution in [3.8, 4) is 0 Å². The summed E-state index contributed by atoms with van der Waals surface area (Å²) in [6.45, 7) is 15.8. The van der Waals surface area contributed by atoms with E-state index < -0.39 is 7.14 Å². The Morgan fingerprint density at radius 1 is 0.833 bits per heavy atom. The van der Waals surface area contributed by atoms with Crippen LogP contribution in [0, 0.1) is 0 Å². The number of hydrogen-bond donors (Lipinski definition) is 3. The fraction of sp³-hybridized carbons (Fsp3) is 1.00. The van der Waals surface area contributed by atoms with Crippen molar-refractivity contribution in [3.05, 3.63) is 0 Å². The summed E-state index contributed by atoms with van der Waals surface area (Å²) in [4.78, 5) is 5.15. The Hall–Kier alpha value is 0.0300. The van der Waals surface area contributed by atoms with Gasteiger partial charge in [0.1, 0.15) is 0 Å². The Balaban J connectivity index is 2.09. The van der Waals surface area contributed by atoms with Gasteiger partial charge in [-0.3, -0.25) is 9.80 Å². The van der Waals surface area contributed by atoms with Gasteiger partial charge in [-0.05, 0) is 12.3 Å². The third-order valence-electron chi connectivity index (χ3n) is 5.56. The zero-order valence-corrected chi connectivity index (χ0v) is 16.6.